The average molecular weight is 239 g/mol. The monoisotopic (exact) mass is 239 g/mol. The molecule has 0 radical (unpaired) electrons. The second-order valence-electron chi connectivity index (χ2n) is 5.03. The predicted molar refractivity (Wildman–Crippen MR) is 70.1 cm³/mol. The van der Waals surface area contributed by atoms with Crippen molar-refractivity contribution in [3.8, 4) is 0 Å². The van der Waals surface area contributed by atoms with E-state index in [-0.39, 0.29) is 0 Å². The van der Waals surface area contributed by atoms with Gasteiger partial charge >= 0.3 is 0 Å². The Kier molecular flexibility index (Phi) is 5.15. The molecule has 98 valence electrons. The summed E-state index contributed by atoms with van der Waals surface area (Å²) in [6.07, 6.45) is 1.80. The zero-order valence-corrected chi connectivity index (χ0v) is 11.5. The van der Waals surface area contributed by atoms with Crippen LogP contribution in [0.3, 0.4) is 0 Å². The molecule has 2 N–H and O–H groups in total. The number of aromatic nitrogens is 2. The van der Waals surface area contributed by atoms with E-state index in [1.165, 1.54) is 5.69 Å². The number of nitrogens with one attached hydrogen (secondary N) is 1. The molecule has 0 aliphatic carbocycles. The fourth-order valence-electron chi connectivity index (χ4n) is 1.74. The standard InChI is InChI=1S/C13H25N3O/c1-5-13(4,17)10-14-7-6-8-16-12(3)9-11(2)15-16/h9,14,17H,5-8,10H2,1-4H3. The second-order valence-corrected chi connectivity index (χ2v) is 5.03. The maximum Gasteiger partial charge on any atom is 0.0740 e. The zero-order chi connectivity index (χ0) is 12.9. The summed E-state index contributed by atoms with van der Waals surface area (Å²) in [6, 6.07) is 2.09. The molecule has 0 fully saturated rings. The van der Waals surface area contributed by atoms with Gasteiger partial charge in [-0.05, 0) is 46.2 Å². The minimum absolute atomic E-state index is 0.585. The van der Waals surface area contributed by atoms with E-state index in [0.717, 1.165) is 31.6 Å². The van der Waals surface area contributed by atoms with Crippen LogP contribution in [-0.2, 0) is 6.54 Å². The second kappa shape index (κ2) is 6.17. The highest BCUT2D eigenvalue weighted by Crippen LogP contribution is 2.06. The highest BCUT2D eigenvalue weighted by atomic mass is 16.3. The number of hydrogen-bond acceptors (Lipinski definition) is 3. The molecule has 4 heteroatoms. The van der Waals surface area contributed by atoms with Gasteiger partial charge in [0, 0.05) is 18.8 Å². The molecule has 4 nitrogen and oxygen atoms in total. The molecule has 1 unspecified atom stereocenters. The summed E-state index contributed by atoms with van der Waals surface area (Å²) >= 11 is 0. The van der Waals surface area contributed by atoms with Crippen molar-refractivity contribution >= 4 is 0 Å². The molecule has 1 aromatic rings. The Morgan fingerprint density at radius 1 is 1.47 bits per heavy atom. The number of rotatable bonds is 7. The van der Waals surface area contributed by atoms with E-state index in [1.54, 1.807) is 0 Å². The van der Waals surface area contributed by atoms with Crippen molar-refractivity contribution in [1.29, 1.82) is 0 Å². The van der Waals surface area contributed by atoms with Gasteiger partial charge in [0.2, 0.25) is 0 Å². The largest absolute Gasteiger partial charge is 0.389 e. The Morgan fingerprint density at radius 3 is 2.71 bits per heavy atom. The summed E-state index contributed by atoms with van der Waals surface area (Å²) in [5, 5.41) is 17.5. The fourth-order valence-corrected chi connectivity index (χ4v) is 1.74. The Bertz CT molecular complexity index is 344. The Labute approximate surface area is 104 Å². The lowest BCUT2D eigenvalue weighted by atomic mass is 10.0. The van der Waals surface area contributed by atoms with Crippen molar-refractivity contribution in [1.82, 2.24) is 15.1 Å². The number of aliphatic hydroxyl groups is 1. The van der Waals surface area contributed by atoms with Gasteiger partial charge in [-0.1, -0.05) is 6.92 Å². The van der Waals surface area contributed by atoms with Crippen LogP contribution in [-0.4, -0.2) is 33.6 Å². The van der Waals surface area contributed by atoms with Crippen molar-refractivity contribution in [2.45, 2.75) is 52.7 Å². The average Bonchev–Trinajstić information content (AvgIpc) is 2.57. The van der Waals surface area contributed by atoms with E-state index >= 15 is 0 Å². The van der Waals surface area contributed by atoms with Crippen molar-refractivity contribution in [3.05, 3.63) is 17.5 Å². The maximum atomic E-state index is 9.81. The predicted octanol–water partition coefficient (Wildman–Crippen LogP) is 1.64. The molecule has 0 bridgehead atoms. The van der Waals surface area contributed by atoms with Gasteiger partial charge in [-0.2, -0.15) is 5.10 Å². The molecule has 1 heterocycles. The van der Waals surface area contributed by atoms with E-state index in [2.05, 4.69) is 23.4 Å². The highest BCUT2D eigenvalue weighted by molar-refractivity contribution is 5.06. The lowest BCUT2D eigenvalue weighted by Crippen LogP contribution is -2.37. The lowest BCUT2D eigenvalue weighted by molar-refractivity contribution is 0.0559. The van der Waals surface area contributed by atoms with Crippen LogP contribution in [0, 0.1) is 13.8 Å². The molecule has 1 rings (SSSR count). The molecule has 1 atom stereocenters. The molecule has 0 aliphatic heterocycles. The first-order chi connectivity index (χ1) is 7.94. The van der Waals surface area contributed by atoms with Gasteiger partial charge < -0.3 is 10.4 Å². The number of nitrogens with zero attached hydrogens (tertiary/aromatic N) is 2. The molecule has 0 saturated heterocycles. The summed E-state index contributed by atoms with van der Waals surface area (Å²) in [7, 11) is 0. The zero-order valence-electron chi connectivity index (χ0n) is 11.5. The highest BCUT2D eigenvalue weighted by Gasteiger charge is 2.15. The van der Waals surface area contributed by atoms with Crippen LogP contribution >= 0.6 is 0 Å². The Balaban J connectivity index is 2.19. The van der Waals surface area contributed by atoms with E-state index < -0.39 is 5.60 Å². The third-order valence-corrected chi connectivity index (χ3v) is 3.09. The third kappa shape index (κ3) is 4.88. The molecule has 0 aromatic carbocycles. The molecular weight excluding hydrogens is 214 g/mol. The van der Waals surface area contributed by atoms with Gasteiger partial charge in [-0.15, -0.1) is 0 Å². The van der Waals surface area contributed by atoms with Crippen LogP contribution in [0.1, 0.15) is 38.1 Å². The first kappa shape index (κ1) is 14.2. The fraction of sp³-hybridized carbons (Fsp3) is 0.769. The maximum absolute atomic E-state index is 9.81. The lowest BCUT2D eigenvalue weighted by Gasteiger charge is -2.21. The summed E-state index contributed by atoms with van der Waals surface area (Å²) < 4.78 is 2.04. The molecule has 17 heavy (non-hydrogen) atoms. The van der Waals surface area contributed by atoms with E-state index in [1.807, 2.05) is 25.5 Å². The van der Waals surface area contributed by atoms with Gasteiger partial charge in [0.15, 0.2) is 0 Å². The SMILES string of the molecule is CCC(C)(O)CNCCCn1nc(C)cc1C. The minimum atomic E-state index is -0.585. The van der Waals surface area contributed by atoms with Gasteiger partial charge in [0.1, 0.15) is 0 Å². The molecular formula is C13H25N3O. The summed E-state index contributed by atoms with van der Waals surface area (Å²) in [4.78, 5) is 0. The van der Waals surface area contributed by atoms with Gasteiger partial charge in [-0.3, -0.25) is 4.68 Å². The summed E-state index contributed by atoms with van der Waals surface area (Å²) in [5.74, 6) is 0. The van der Waals surface area contributed by atoms with Crippen LogP contribution in [0.4, 0.5) is 0 Å². The van der Waals surface area contributed by atoms with Gasteiger partial charge in [0.25, 0.3) is 0 Å². The topological polar surface area (TPSA) is 50.1 Å². The Hall–Kier alpha value is -0.870. The van der Waals surface area contributed by atoms with Crippen molar-refractivity contribution in [3.63, 3.8) is 0 Å². The quantitative estimate of drug-likeness (QED) is 0.711. The smallest absolute Gasteiger partial charge is 0.0740 e. The molecule has 0 saturated carbocycles. The van der Waals surface area contributed by atoms with Gasteiger partial charge in [-0.25, -0.2) is 0 Å². The van der Waals surface area contributed by atoms with Crippen molar-refractivity contribution in [2.75, 3.05) is 13.1 Å². The molecule has 1 aromatic heterocycles. The molecule has 0 spiro atoms. The van der Waals surface area contributed by atoms with E-state index in [9.17, 15) is 5.11 Å². The van der Waals surface area contributed by atoms with Crippen molar-refractivity contribution < 1.29 is 5.11 Å². The first-order valence-electron chi connectivity index (χ1n) is 6.39. The van der Waals surface area contributed by atoms with E-state index in [0.29, 0.717) is 6.54 Å². The van der Waals surface area contributed by atoms with E-state index in [4.69, 9.17) is 0 Å². The van der Waals surface area contributed by atoms with Crippen LogP contribution in [0.5, 0.6) is 0 Å². The number of aryl methyl sites for hydroxylation is 3. The first-order valence-corrected chi connectivity index (χ1v) is 6.39. The van der Waals surface area contributed by atoms with Gasteiger partial charge in [0.05, 0.1) is 11.3 Å². The van der Waals surface area contributed by atoms with Crippen LogP contribution in [0.25, 0.3) is 0 Å². The normalized spacial score (nSPS) is 14.9. The summed E-state index contributed by atoms with van der Waals surface area (Å²) in [5.41, 5.74) is 1.70. The van der Waals surface area contributed by atoms with Crippen LogP contribution in [0.15, 0.2) is 6.07 Å². The molecule has 0 aliphatic rings. The third-order valence-electron chi connectivity index (χ3n) is 3.09. The molecule has 0 amide bonds. The summed E-state index contributed by atoms with van der Waals surface area (Å²) in [6.45, 7) is 10.4. The van der Waals surface area contributed by atoms with Crippen molar-refractivity contribution in [2.24, 2.45) is 0 Å². The van der Waals surface area contributed by atoms with Crippen LogP contribution < -0.4 is 5.32 Å². The minimum Gasteiger partial charge on any atom is -0.389 e. The Morgan fingerprint density at radius 2 is 2.18 bits per heavy atom. The number of hydrogen-bond donors (Lipinski definition) is 2. The van der Waals surface area contributed by atoms with Crippen LogP contribution in [0.2, 0.25) is 0 Å².